The van der Waals surface area contributed by atoms with Gasteiger partial charge in [-0.2, -0.15) is 4.98 Å². The molecule has 1 N–H and O–H groups in total. The van der Waals surface area contributed by atoms with Crippen LogP contribution in [0, 0.1) is 0 Å². The standard InChI is InChI=1S/C12H16N4O2/c1-2-4-9(3-1)12-15-11(18-16-12)8-17-7-10-13-5-6-14-10/h5-6,9H,1-4,7-8H2,(H,13,14). The Morgan fingerprint density at radius 3 is 3.00 bits per heavy atom. The van der Waals surface area contributed by atoms with Crippen molar-refractivity contribution in [1.82, 2.24) is 20.1 Å². The predicted molar refractivity (Wildman–Crippen MR) is 62.6 cm³/mol. The van der Waals surface area contributed by atoms with Gasteiger partial charge in [-0.1, -0.05) is 18.0 Å². The Kier molecular flexibility index (Phi) is 3.36. The second-order valence-corrected chi connectivity index (χ2v) is 4.56. The van der Waals surface area contributed by atoms with Crippen molar-refractivity contribution < 1.29 is 9.26 Å². The summed E-state index contributed by atoms with van der Waals surface area (Å²) in [4.78, 5) is 11.4. The first-order chi connectivity index (χ1) is 8.92. The van der Waals surface area contributed by atoms with E-state index in [-0.39, 0.29) is 0 Å². The third kappa shape index (κ3) is 2.59. The van der Waals surface area contributed by atoms with Gasteiger partial charge < -0.3 is 14.2 Å². The maximum absolute atomic E-state index is 5.45. The van der Waals surface area contributed by atoms with Crippen LogP contribution in [-0.2, 0) is 18.0 Å². The minimum Gasteiger partial charge on any atom is -0.364 e. The molecule has 0 saturated heterocycles. The quantitative estimate of drug-likeness (QED) is 0.877. The van der Waals surface area contributed by atoms with Gasteiger partial charge in [0, 0.05) is 18.3 Å². The number of aromatic nitrogens is 4. The molecular formula is C12H16N4O2. The fraction of sp³-hybridized carbons (Fsp3) is 0.583. The summed E-state index contributed by atoms with van der Waals surface area (Å²) in [7, 11) is 0. The summed E-state index contributed by atoms with van der Waals surface area (Å²) in [5, 5.41) is 4.02. The third-order valence-corrected chi connectivity index (χ3v) is 3.22. The van der Waals surface area contributed by atoms with Crippen LogP contribution < -0.4 is 0 Å². The van der Waals surface area contributed by atoms with E-state index >= 15 is 0 Å². The van der Waals surface area contributed by atoms with Gasteiger partial charge in [-0.3, -0.25) is 0 Å². The van der Waals surface area contributed by atoms with E-state index in [2.05, 4.69) is 20.1 Å². The highest BCUT2D eigenvalue weighted by atomic mass is 16.5. The van der Waals surface area contributed by atoms with Gasteiger partial charge in [-0.05, 0) is 12.8 Å². The second-order valence-electron chi connectivity index (χ2n) is 4.56. The summed E-state index contributed by atoms with van der Waals surface area (Å²) in [6, 6.07) is 0. The van der Waals surface area contributed by atoms with Crippen LogP contribution in [0.2, 0.25) is 0 Å². The molecule has 96 valence electrons. The Morgan fingerprint density at radius 1 is 1.33 bits per heavy atom. The van der Waals surface area contributed by atoms with E-state index in [0.717, 1.165) is 11.6 Å². The molecule has 1 aliphatic carbocycles. The SMILES string of the molecule is c1c[nH]c(COCc2nc(C3CCCC3)no2)n1. The number of hydrogen-bond donors (Lipinski definition) is 1. The maximum atomic E-state index is 5.45. The number of aromatic amines is 1. The average Bonchev–Trinajstić information content (AvgIpc) is 3.12. The topological polar surface area (TPSA) is 76.8 Å². The van der Waals surface area contributed by atoms with Crippen molar-refractivity contribution in [3.8, 4) is 0 Å². The highest BCUT2D eigenvalue weighted by molar-refractivity contribution is 4.97. The zero-order valence-corrected chi connectivity index (χ0v) is 10.1. The smallest absolute Gasteiger partial charge is 0.252 e. The lowest BCUT2D eigenvalue weighted by Gasteiger charge is -1.99. The summed E-state index contributed by atoms with van der Waals surface area (Å²) < 4.78 is 10.6. The van der Waals surface area contributed by atoms with E-state index in [1.807, 2.05) is 0 Å². The molecule has 0 amide bonds. The Labute approximate surface area is 105 Å². The summed E-state index contributed by atoms with van der Waals surface area (Å²) in [5.41, 5.74) is 0. The van der Waals surface area contributed by atoms with Crippen LogP contribution in [0.1, 0.15) is 49.1 Å². The number of nitrogens with one attached hydrogen (secondary N) is 1. The van der Waals surface area contributed by atoms with Gasteiger partial charge >= 0.3 is 0 Å². The largest absolute Gasteiger partial charge is 0.364 e. The number of ether oxygens (including phenoxy) is 1. The molecular weight excluding hydrogens is 232 g/mol. The molecule has 3 rings (SSSR count). The van der Waals surface area contributed by atoms with Crippen LogP contribution in [-0.4, -0.2) is 20.1 Å². The highest BCUT2D eigenvalue weighted by Crippen LogP contribution is 2.32. The van der Waals surface area contributed by atoms with Crippen LogP contribution in [0.15, 0.2) is 16.9 Å². The van der Waals surface area contributed by atoms with Crippen LogP contribution in [0.5, 0.6) is 0 Å². The van der Waals surface area contributed by atoms with Gasteiger partial charge in [-0.15, -0.1) is 0 Å². The van der Waals surface area contributed by atoms with E-state index in [9.17, 15) is 0 Å². The Hall–Kier alpha value is -1.69. The lowest BCUT2D eigenvalue weighted by Crippen LogP contribution is -1.98. The molecule has 1 saturated carbocycles. The van der Waals surface area contributed by atoms with Crippen LogP contribution in [0.3, 0.4) is 0 Å². The van der Waals surface area contributed by atoms with E-state index in [1.165, 1.54) is 25.7 Å². The summed E-state index contributed by atoms with van der Waals surface area (Å²) in [5.74, 6) is 2.66. The molecule has 1 fully saturated rings. The minimum atomic E-state index is 0.334. The molecule has 0 unspecified atom stereocenters. The Bertz CT molecular complexity index is 474. The van der Waals surface area contributed by atoms with Crippen LogP contribution in [0.25, 0.3) is 0 Å². The van der Waals surface area contributed by atoms with Crippen molar-refractivity contribution in [2.45, 2.75) is 44.8 Å². The summed E-state index contributed by atoms with van der Waals surface area (Å²) in [6.07, 6.45) is 8.35. The van der Waals surface area contributed by atoms with Crippen LogP contribution >= 0.6 is 0 Å². The van der Waals surface area contributed by atoms with Gasteiger partial charge in [0.1, 0.15) is 19.0 Å². The number of H-pyrrole nitrogens is 1. The fourth-order valence-corrected chi connectivity index (χ4v) is 2.29. The number of hydrogen-bond acceptors (Lipinski definition) is 5. The Morgan fingerprint density at radius 2 is 2.22 bits per heavy atom. The van der Waals surface area contributed by atoms with Gasteiger partial charge in [0.2, 0.25) is 0 Å². The third-order valence-electron chi connectivity index (χ3n) is 3.22. The highest BCUT2D eigenvalue weighted by Gasteiger charge is 2.22. The molecule has 6 heteroatoms. The van der Waals surface area contributed by atoms with Crippen molar-refractivity contribution in [1.29, 1.82) is 0 Å². The molecule has 2 aromatic heterocycles. The normalized spacial score (nSPS) is 16.4. The van der Waals surface area contributed by atoms with Gasteiger partial charge in [0.25, 0.3) is 5.89 Å². The maximum Gasteiger partial charge on any atom is 0.252 e. The average molecular weight is 248 g/mol. The number of imidazole rings is 1. The molecule has 0 atom stereocenters. The first-order valence-electron chi connectivity index (χ1n) is 6.30. The van der Waals surface area contributed by atoms with Crippen molar-refractivity contribution in [3.63, 3.8) is 0 Å². The molecule has 2 aromatic rings. The molecule has 0 bridgehead atoms. The fourth-order valence-electron chi connectivity index (χ4n) is 2.29. The lowest BCUT2D eigenvalue weighted by atomic mass is 10.1. The minimum absolute atomic E-state index is 0.334. The van der Waals surface area contributed by atoms with Crippen molar-refractivity contribution >= 4 is 0 Å². The van der Waals surface area contributed by atoms with E-state index in [4.69, 9.17) is 9.26 Å². The first kappa shape index (κ1) is 11.4. The number of rotatable bonds is 5. The van der Waals surface area contributed by atoms with Gasteiger partial charge in [-0.25, -0.2) is 4.98 Å². The van der Waals surface area contributed by atoms with Gasteiger partial charge in [0.05, 0.1) is 0 Å². The van der Waals surface area contributed by atoms with E-state index in [1.54, 1.807) is 12.4 Å². The summed E-state index contributed by atoms with van der Waals surface area (Å²) in [6.45, 7) is 0.758. The van der Waals surface area contributed by atoms with Crippen molar-refractivity contribution in [3.05, 3.63) is 29.9 Å². The van der Waals surface area contributed by atoms with E-state index < -0.39 is 0 Å². The lowest BCUT2D eigenvalue weighted by molar-refractivity contribution is 0.0809. The molecule has 0 aromatic carbocycles. The van der Waals surface area contributed by atoms with Crippen LogP contribution in [0.4, 0.5) is 0 Å². The molecule has 18 heavy (non-hydrogen) atoms. The molecule has 0 spiro atoms. The number of nitrogens with zero attached hydrogens (tertiary/aromatic N) is 3. The molecule has 1 aliphatic rings. The van der Waals surface area contributed by atoms with Gasteiger partial charge in [0.15, 0.2) is 5.82 Å². The van der Waals surface area contributed by atoms with Crippen molar-refractivity contribution in [2.24, 2.45) is 0 Å². The zero-order valence-electron chi connectivity index (χ0n) is 10.1. The molecule has 0 radical (unpaired) electrons. The zero-order chi connectivity index (χ0) is 12.2. The van der Waals surface area contributed by atoms with E-state index in [0.29, 0.717) is 25.0 Å². The molecule has 0 aliphatic heterocycles. The summed E-state index contributed by atoms with van der Waals surface area (Å²) >= 11 is 0. The monoisotopic (exact) mass is 248 g/mol. The predicted octanol–water partition coefficient (Wildman–Crippen LogP) is 2.17. The second kappa shape index (κ2) is 5.30. The first-order valence-corrected chi connectivity index (χ1v) is 6.30. The van der Waals surface area contributed by atoms with Crippen molar-refractivity contribution in [2.75, 3.05) is 0 Å². The molecule has 6 nitrogen and oxygen atoms in total. The Balaban J connectivity index is 1.50. The molecule has 2 heterocycles.